The topological polar surface area (TPSA) is 72.3 Å². The molecule has 2 aliphatic rings. The van der Waals surface area contributed by atoms with Gasteiger partial charge in [0.15, 0.2) is 0 Å². The van der Waals surface area contributed by atoms with E-state index < -0.39 is 0 Å². The lowest BCUT2D eigenvalue weighted by Gasteiger charge is -2.36. The van der Waals surface area contributed by atoms with Crippen LogP contribution in [0.25, 0.3) is 0 Å². The summed E-state index contributed by atoms with van der Waals surface area (Å²) in [7, 11) is 0. The van der Waals surface area contributed by atoms with E-state index in [0.29, 0.717) is 29.4 Å². The number of nitriles is 1. The highest BCUT2D eigenvalue weighted by molar-refractivity contribution is 5.73. The monoisotopic (exact) mass is 355 g/mol. The summed E-state index contributed by atoms with van der Waals surface area (Å²) >= 11 is 0. The molecule has 2 aliphatic heterocycles. The van der Waals surface area contributed by atoms with Crippen LogP contribution in [0.3, 0.4) is 0 Å². The molecule has 2 saturated heterocycles. The highest BCUT2D eigenvalue weighted by Crippen LogP contribution is 2.29. The maximum atomic E-state index is 11.5. The molecule has 1 N–H and O–H groups in total. The molecule has 6 heteroatoms. The first kappa shape index (κ1) is 18.7. The summed E-state index contributed by atoms with van der Waals surface area (Å²) in [6.45, 7) is 7.69. The van der Waals surface area contributed by atoms with Gasteiger partial charge in [0, 0.05) is 51.4 Å². The van der Waals surface area contributed by atoms with Crippen LogP contribution in [-0.4, -0.2) is 59.0 Å². The predicted octanol–water partition coefficient (Wildman–Crippen LogP) is 2.48. The van der Waals surface area contributed by atoms with Crippen LogP contribution in [0.2, 0.25) is 0 Å². The van der Waals surface area contributed by atoms with Gasteiger partial charge in [-0.3, -0.25) is 9.69 Å². The number of likely N-dealkylation sites (tertiary alicyclic amines) is 2. The highest BCUT2D eigenvalue weighted by atomic mass is 16.2. The summed E-state index contributed by atoms with van der Waals surface area (Å²) in [5.41, 5.74) is 0.607. The fraction of sp³-hybridized carbons (Fsp3) is 0.650. The third-order valence-corrected chi connectivity index (χ3v) is 5.81. The van der Waals surface area contributed by atoms with E-state index in [-0.39, 0.29) is 5.91 Å². The zero-order valence-electron chi connectivity index (χ0n) is 15.8. The van der Waals surface area contributed by atoms with E-state index in [0.717, 1.165) is 45.4 Å². The first-order valence-electron chi connectivity index (χ1n) is 9.73. The van der Waals surface area contributed by atoms with Gasteiger partial charge in [0.2, 0.25) is 5.91 Å². The second-order valence-electron chi connectivity index (χ2n) is 7.50. The Kier molecular flexibility index (Phi) is 6.10. The second kappa shape index (κ2) is 8.50. The first-order valence-corrected chi connectivity index (χ1v) is 9.73. The average Bonchev–Trinajstić information content (AvgIpc) is 3.05. The molecular weight excluding hydrogens is 326 g/mol. The van der Waals surface area contributed by atoms with Gasteiger partial charge in [0.05, 0.1) is 5.56 Å². The van der Waals surface area contributed by atoms with Gasteiger partial charge in [-0.15, -0.1) is 0 Å². The second-order valence-corrected chi connectivity index (χ2v) is 7.50. The SMILES string of the molecule is CCC[C@H]1CN(C2CCN(C(C)=O)CC2)C[C@@H]1Nc1ncccc1C#N. The van der Waals surface area contributed by atoms with Crippen LogP contribution in [0.15, 0.2) is 18.3 Å². The Morgan fingerprint density at radius 3 is 2.81 bits per heavy atom. The molecule has 0 saturated carbocycles. The number of carbonyl (C=O) groups excluding carboxylic acids is 1. The molecule has 0 spiro atoms. The Hall–Kier alpha value is -2.13. The smallest absolute Gasteiger partial charge is 0.219 e. The number of hydrogen-bond donors (Lipinski definition) is 1. The number of aromatic nitrogens is 1. The molecule has 1 amide bonds. The van der Waals surface area contributed by atoms with Gasteiger partial charge in [-0.2, -0.15) is 5.26 Å². The molecule has 3 rings (SSSR count). The zero-order chi connectivity index (χ0) is 18.5. The van der Waals surface area contributed by atoms with E-state index in [1.165, 1.54) is 6.42 Å². The van der Waals surface area contributed by atoms with Crippen molar-refractivity contribution in [2.24, 2.45) is 5.92 Å². The number of nitrogens with one attached hydrogen (secondary N) is 1. The number of pyridine rings is 1. The number of piperidine rings is 1. The number of hydrogen-bond acceptors (Lipinski definition) is 5. The summed E-state index contributed by atoms with van der Waals surface area (Å²) in [6.07, 6.45) is 6.18. The van der Waals surface area contributed by atoms with Crippen LogP contribution < -0.4 is 5.32 Å². The van der Waals surface area contributed by atoms with Gasteiger partial charge in [0.1, 0.15) is 11.9 Å². The predicted molar refractivity (Wildman–Crippen MR) is 102 cm³/mol. The summed E-state index contributed by atoms with van der Waals surface area (Å²) < 4.78 is 0. The van der Waals surface area contributed by atoms with E-state index >= 15 is 0 Å². The van der Waals surface area contributed by atoms with E-state index in [4.69, 9.17) is 0 Å². The number of carbonyl (C=O) groups is 1. The number of amides is 1. The molecule has 0 bridgehead atoms. The van der Waals surface area contributed by atoms with Crippen molar-refractivity contribution in [1.82, 2.24) is 14.8 Å². The van der Waals surface area contributed by atoms with Crippen LogP contribution in [-0.2, 0) is 4.79 Å². The fourth-order valence-electron chi connectivity index (χ4n) is 4.36. The quantitative estimate of drug-likeness (QED) is 0.878. The van der Waals surface area contributed by atoms with E-state index in [1.807, 2.05) is 11.0 Å². The zero-order valence-corrected chi connectivity index (χ0v) is 15.8. The van der Waals surface area contributed by atoms with Gasteiger partial charge in [-0.1, -0.05) is 13.3 Å². The molecule has 0 unspecified atom stereocenters. The summed E-state index contributed by atoms with van der Waals surface area (Å²) in [5.74, 6) is 1.46. The van der Waals surface area contributed by atoms with Crippen molar-refractivity contribution in [3.8, 4) is 6.07 Å². The fourth-order valence-corrected chi connectivity index (χ4v) is 4.36. The molecule has 2 atom stereocenters. The molecule has 26 heavy (non-hydrogen) atoms. The maximum absolute atomic E-state index is 11.5. The van der Waals surface area contributed by atoms with E-state index in [1.54, 1.807) is 19.2 Å². The molecule has 0 aromatic carbocycles. The van der Waals surface area contributed by atoms with Crippen molar-refractivity contribution in [2.45, 2.75) is 51.6 Å². The van der Waals surface area contributed by atoms with E-state index in [2.05, 4.69) is 28.2 Å². The molecule has 0 aliphatic carbocycles. The average molecular weight is 355 g/mol. The number of rotatable bonds is 5. The Balaban J connectivity index is 1.65. The van der Waals surface area contributed by atoms with Crippen molar-refractivity contribution in [2.75, 3.05) is 31.5 Å². The summed E-state index contributed by atoms with van der Waals surface area (Å²) in [5, 5.41) is 12.9. The standard InChI is InChI=1S/C20H29N5O/c1-3-5-17-13-25(18-7-10-24(11-8-18)15(2)26)14-19(17)23-20-16(12-21)6-4-9-22-20/h4,6,9,17-19H,3,5,7-8,10-11,13-14H2,1-2H3,(H,22,23)/t17-,19-/m0/s1. The van der Waals surface area contributed by atoms with Crippen molar-refractivity contribution >= 4 is 11.7 Å². The van der Waals surface area contributed by atoms with Crippen LogP contribution in [0, 0.1) is 17.2 Å². The summed E-state index contributed by atoms with van der Waals surface area (Å²) in [4.78, 5) is 20.5. The summed E-state index contributed by atoms with van der Waals surface area (Å²) in [6, 6.07) is 6.72. The van der Waals surface area contributed by atoms with Gasteiger partial charge in [0.25, 0.3) is 0 Å². The largest absolute Gasteiger partial charge is 0.365 e. The van der Waals surface area contributed by atoms with Gasteiger partial charge >= 0.3 is 0 Å². The third kappa shape index (κ3) is 4.16. The normalized spacial score (nSPS) is 24.4. The van der Waals surface area contributed by atoms with Crippen molar-refractivity contribution in [1.29, 1.82) is 5.26 Å². The molecule has 1 aromatic heterocycles. The number of anilines is 1. The number of nitrogens with zero attached hydrogens (tertiary/aromatic N) is 4. The Morgan fingerprint density at radius 1 is 1.38 bits per heavy atom. The molecule has 2 fully saturated rings. The molecule has 1 aromatic rings. The molecular formula is C20H29N5O. The molecule has 3 heterocycles. The minimum Gasteiger partial charge on any atom is -0.365 e. The third-order valence-electron chi connectivity index (χ3n) is 5.81. The van der Waals surface area contributed by atoms with E-state index in [9.17, 15) is 10.1 Å². The minimum absolute atomic E-state index is 0.187. The van der Waals surface area contributed by atoms with Gasteiger partial charge < -0.3 is 10.2 Å². The molecule has 6 nitrogen and oxygen atoms in total. The molecule has 140 valence electrons. The van der Waals surface area contributed by atoms with Crippen LogP contribution in [0.1, 0.15) is 45.1 Å². The van der Waals surface area contributed by atoms with Crippen molar-refractivity contribution in [3.63, 3.8) is 0 Å². The Morgan fingerprint density at radius 2 is 2.15 bits per heavy atom. The minimum atomic E-state index is 0.187. The lowest BCUT2D eigenvalue weighted by Crippen LogP contribution is -2.46. The maximum Gasteiger partial charge on any atom is 0.219 e. The molecule has 0 radical (unpaired) electrons. The lowest BCUT2D eigenvalue weighted by atomic mass is 9.98. The van der Waals surface area contributed by atoms with Gasteiger partial charge in [-0.05, 0) is 37.3 Å². The Labute approximate surface area is 156 Å². The lowest BCUT2D eigenvalue weighted by molar-refractivity contribution is -0.130. The van der Waals surface area contributed by atoms with Crippen LogP contribution in [0.5, 0.6) is 0 Å². The van der Waals surface area contributed by atoms with Crippen LogP contribution in [0.4, 0.5) is 5.82 Å². The Bertz CT molecular complexity index is 662. The van der Waals surface area contributed by atoms with Crippen LogP contribution >= 0.6 is 0 Å². The highest BCUT2D eigenvalue weighted by Gasteiger charge is 2.37. The first-order chi connectivity index (χ1) is 12.6. The van der Waals surface area contributed by atoms with Gasteiger partial charge in [-0.25, -0.2) is 4.98 Å². The van der Waals surface area contributed by atoms with Crippen molar-refractivity contribution in [3.05, 3.63) is 23.9 Å². The van der Waals surface area contributed by atoms with Crippen molar-refractivity contribution < 1.29 is 4.79 Å².